The number of benzene rings is 1. The smallest absolute Gasteiger partial charge is 0.165 e. The Balaban J connectivity index is 0.836. The lowest BCUT2D eigenvalue weighted by molar-refractivity contribution is 0.339. The van der Waals surface area contributed by atoms with Gasteiger partial charge in [-0.25, -0.2) is 9.98 Å². The molecule has 2 saturated heterocycles. The summed E-state index contributed by atoms with van der Waals surface area (Å²) >= 11 is 4.15. The summed E-state index contributed by atoms with van der Waals surface area (Å²) in [6.07, 6.45) is 60.7. The maximum atomic E-state index is 5.76. The van der Waals surface area contributed by atoms with Crippen LogP contribution in [-0.4, -0.2) is 45.1 Å². The first-order valence-corrected chi connectivity index (χ1v) is 31.0. The minimum Gasteiger partial charge on any atom is -0.341 e. The van der Waals surface area contributed by atoms with Crippen LogP contribution < -0.4 is 20.0 Å². The highest BCUT2D eigenvalue weighted by Gasteiger charge is 2.52. The molecule has 9 atom stereocenters. The third kappa shape index (κ3) is 7.87. The van der Waals surface area contributed by atoms with Crippen molar-refractivity contribution in [3.8, 4) is 0 Å². The molecular weight excluding hydrogens is 977 g/mol. The number of hydrogen-bond donors (Lipinski definition) is 1. The summed E-state index contributed by atoms with van der Waals surface area (Å²) in [5.74, 6) is 3.34. The van der Waals surface area contributed by atoms with Crippen molar-refractivity contribution in [1.82, 2.24) is 15.2 Å². The fraction of sp³-hybridized carbons (Fsp3) is 0.377. The summed E-state index contributed by atoms with van der Waals surface area (Å²) in [4.78, 5) is 25.4. The van der Waals surface area contributed by atoms with Gasteiger partial charge in [-0.05, 0) is 189 Å². The van der Waals surface area contributed by atoms with Crippen molar-refractivity contribution < 1.29 is 0 Å². The molecule has 0 spiro atoms. The Labute approximate surface area is 463 Å². The molecule has 2 aromatic heterocycles. The van der Waals surface area contributed by atoms with Crippen LogP contribution in [0.2, 0.25) is 0 Å². The minimum absolute atomic E-state index is 0.0960. The summed E-state index contributed by atoms with van der Waals surface area (Å²) in [5, 5.41) is 5.61. The van der Waals surface area contributed by atoms with Crippen LogP contribution in [0.4, 0.5) is 5.69 Å². The van der Waals surface area contributed by atoms with Gasteiger partial charge in [-0.15, -0.1) is 23.1 Å². The van der Waals surface area contributed by atoms with Crippen LogP contribution in [0.1, 0.15) is 155 Å². The van der Waals surface area contributed by atoms with Gasteiger partial charge in [0.15, 0.2) is 6.17 Å². The first-order valence-electron chi connectivity index (χ1n) is 29.3. The van der Waals surface area contributed by atoms with Crippen LogP contribution in [0.15, 0.2) is 176 Å². The largest absolute Gasteiger partial charge is 0.341 e. The van der Waals surface area contributed by atoms with E-state index < -0.39 is 0 Å². The number of aromatic nitrogens is 1. The Bertz CT molecular complexity index is 3610. The van der Waals surface area contributed by atoms with Crippen molar-refractivity contribution in [2.75, 3.05) is 4.90 Å². The topological polar surface area (TPSA) is 56.1 Å². The third-order valence-corrected chi connectivity index (χ3v) is 22.2. The van der Waals surface area contributed by atoms with Gasteiger partial charge in [-0.2, -0.15) is 0 Å². The molecule has 388 valence electrons. The maximum absolute atomic E-state index is 5.76. The standard InChI is InChI=1S/C69H70N6S2/c1-4-48(64-42(2)52-37-59-53(38-60(52)76-64)50-30-17-19-34-57(50)74(59)46-26-13-7-14-27-46)63-55(68-72-66(43-22-9-5-10-23-43)71-67(73-68)44-24-11-6-12-25-44)36-45(41-70-63)49-31-21-32-51-54-39-62-69(3,40-61(54)77-65(49)51)56-33-18-20-35-58(56)75(62)47-28-15-8-16-29-47/h4-5,7-9,13,15,17,19,21-22,24,26,28,30,32-36,38-42,49,52-53,59,62,64,67H,6,10-12,14,16,18,20,23,25,27,29,31,37H2,1-3H3,(H,71,72,73)/b48-4-. The second-order valence-corrected chi connectivity index (χ2v) is 26.0. The van der Waals surface area contributed by atoms with E-state index in [9.17, 15) is 0 Å². The quantitative estimate of drug-likeness (QED) is 0.228. The molecule has 0 amide bonds. The zero-order valence-electron chi connectivity index (χ0n) is 44.9. The Hall–Kier alpha value is -6.22. The van der Waals surface area contributed by atoms with E-state index in [0.717, 1.165) is 100.0 Å². The van der Waals surface area contributed by atoms with E-state index in [-0.39, 0.29) is 28.8 Å². The van der Waals surface area contributed by atoms with Crippen molar-refractivity contribution in [1.29, 1.82) is 0 Å². The minimum atomic E-state index is -0.249. The van der Waals surface area contributed by atoms with Gasteiger partial charge >= 0.3 is 0 Å². The number of para-hydroxylation sites is 1. The van der Waals surface area contributed by atoms with Gasteiger partial charge < -0.3 is 15.1 Å². The predicted octanol–water partition coefficient (Wildman–Crippen LogP) is 14.9. The molecular formula is C69H70N6S2. The zero-order valence-corrected chi connectivity index (χ0v) is 46.6. The molecule has 8 heteroatoms. The van der Waals surface area contributed by atoms with Crippen LogP contribution in [0.3, 0.4) is 0 Å². The molecule has 9 unspecified atom stereocenters. The lowest BCUT2D eigenvalue weighted by Gasteiger charge is -2.37. The number of nitrogens with one attached hydrogen (secondary N) is 1. The average molecular weight is 1050 g/mol. The summed E-state index contributed by atoms with van der Waals surface area (Å²) in [7, 11) is 0. The van der Waals surface area contributed by atoms with Crippen molar-refractivity contribution in [2.45, 2.75) is 146 Å². The Kier molecular flexibility index (Phi) is 12.0. The van der Waals surface area contributed by atoms with E-state index >= 15 is 0 Å². The van der Waals surface area contributed by atoms with Crippen LogP contribution >= 0.6 is 23.1 Å². The third-order valence-electron chi connectivity index (χ3n) is 19.3. The highest BCUT2D eigenvalue weighted by molar-refractivity contribution is 8.04. The summed E-state index contributed by atoms with van der Waals surface area (Å²) in [5.41, 5.74) is 17.4. The molecule has 6 heterocycles. The van der Waals surface area contributed by atoms with Gasteiger partial charge in [0.25, 0.3) is 0 Å². The lowest BCUT2D eigenvalue weighted by atomic mass is 9.74. The van der Waals surface area contributed by atoms with Gasteiger partial charge in [-0.3, -0.25) is 4.98 Å². The number of thioether (sulfide) groups is 1. The van der Waals surface area contributed by atoms with E-state index in [0.29, 0.717) is 23.8 Å². The molecule has 77 heavy (non-hydrogen) atoms. The number of likely N-dealkylation sites (tertiary alicyclic amines) is 1. The first-order chi connectivity index (χ1) is 37.9. The van der Waals surface area contributed by atoms with E-state index in [1.807, 2.05) is 11.3 Å². The number of pyridine rings is 1. The summed E-state index contributed by atoms with van der Waals surface area (Å²) in [6.45, 7) is 7.30. The number of anilines is 1. The SMILES string of the molecule is C/C=C(/c1ncc(C2CC=Cc3c2sc2c3=CC3N(C4=CC=CCC4)C4=CCCC=C4C3(C)C=2)cc1C1=NC(C2=CCCCC2)N=C(C2=CC=CCC2)N1)C1SC2=CC3c4ccccc4N(C4=CC=CCC4)C3CC2C1C. The van der Waals surface area contributed by atoms with Crippen LogP contribution in [-0.2, 0) is 0 Å². The van der Waals surface area contributed by atoms with Crippen LogP contribution in [0.25, 0.3) is 23.8 Å². The van der Waals surface area contributed by atoms with Crippen LogP contribution in [0, 0.1) is 17.3 Å². The molecule has 1 N–H and O–H groups in total. The number of aliphatic imine (C=N–C) groups is 2. The highest BCUT2D eigenvalue weighted by Crippen LogP contribution is 2.60. The van der Waals surface area contributed by atoms with Gasteiger partial charge in [0, 0.05) is 72.5 Å². The lowest BCUT2D eigenvalue weighted by Crippen LogP contribution is -2.43. The second-order valence-electron chi connectivity index (χ2n) is 23.7. The number of rotatable bonds is 8. The second kappa shape index (κ2) is 19.3. The monoisotopic (exact) mass is 1050 g/mol. The van der Waals surface area contributed by atoms with Crippen LogP contribution in [0.5, 0.6) is 0 Å². The van der Waals surface area contributed by atoms with Crippen molar-refractivity contribution >= 4 is 64.3 Å². The summed E-state index contributed by atoms with van der Waals surface area (Å²) < 4.78 is 1.42. The molecule has 2 fully saturated rings. The average Bonchev–Trinajstić information content (AvgIpc) is 4.27. The molecule has 0 bridgehead atoms. The molecule has 1 aromatic carbocycles. The molecule has 0 radical (unpaired) electrons. The van der Waals surface area contributed by atoms with Crippen molar-refractivity contribution in [2.24, 2.45) is 27.2 Å². The van der Waals surface area contributed by atoms with E-state index in [4.69, 9.17) is 15.0 Å². The van der Waals surface area contributed by atoms with Crippen molar-refractivity contribution in [3.05, 3.63) is 209 Å². The van der Waals surface area contributed by atoms with Gasteiger partial charge in [-0.1, -0.05) is 122 Å². The Morgan fingerprint density at radius 3 is 2.43 bits per heavy atom. The Morgan fingerprint density at radius 2 is 1.64 bits per heavy atom. The fourth-order valence-corrected chi connectivity index (χ4v) is 18.7. The molecule has 4 aliphatic heterocycles. The van der Waals surface area contributed by atoms with Gasteiger partial charge in [0.1, 0.15) is 11.7 Å². The maximum Gasteiger partial charge on any atom is 0.165 e. The molecule has 8 aliphatic carbocycles. The molecule has 6 nitrogen and oxygen atoms in total. The highest BCUT2D eigenvalue weighted by atomic mass is 32.2. The van der Waals surface area contributed by atoms with Gasteiger partial charge in [0.05, 0.1) is 11.7 Å². The number of nitrogens with zero attached hydrogens (tertiary/aromatic N) is 5. The fourth-order valence-electron chi connectivity index (χ4n) is 15.4. The van der Waals surface area contributed by atoms with Crippen molar-refractivity contribution in [3.63, 3.8) is 0 Å². The van der Waals surface area contributed by atoms with Gasteiger partial charge in [0.2, 0.25) is 0 Å². The van der Waals surface area contributed by atoms with E-state index in [2.05, 4.69) is 194 Å². The number of allylic oxidation sites excluding steroid dienone is 18. The number of fused-ring (bicyclic) bond motifs is 10. The molecule has 15 rings (SSSR count). The first kappa shape index (κ1) is 47.9. The number of thiophene rings is 1. The van der Waals surface area contributed by atoms with E-state index in [1.54, 1.807) is 4.91 Å². The number of hydrogen-bond acceptors (Lipinski definition) is 8. The number of amidine groups is 2. The molecule has 3 aromatic rings. The zero-order chi connectivity index (χ0) is 51.4. The van der Waals surface area contributed by atoms with E-state index in [1.165, 1.54) is 89.2 Å². The predicted molar refractivity (Wildman–Crippen MR) is 324 cm³/mol. The molecule has 0 saturated carbocycles. The Morgan fingerprint density at radius 1 is 0.831 bits per heavy atom. The molecule has 12 aliphatic rings. The normalized spacial score (nSPS) is 31.4. The summed E-state index contributed by atoms with van der Waals surface area (Å²) in [6, 6.07) is 12.4.